The monoisotopic (exact) mass is 238 g/mol. The van der Waals surface area contributed by atoms with E-state index in [1.165, 1.54) is 0 Å². The van der Waals surface area contributed by atoms with Crippen LogP contribution in [0.3, 0.4) is 0 Å². The number of rotatable bonds is 6. The molecule has 0 aromatic heterocycles. The second-order valence-electron chi connectivity index (χ2n) is 3.67. The van der Waals surface area contributed by atoms with E-state index in [2.05, 4.69) is 5.32 Å². The van der Waals surface area contributed by atoms with E-state index >= 15 is 0 Å². The van der Waals surface area contributed by atoms with Crippen LogP contribution in [-0.4, -0.2) is 32.8 Å². The third-order valence-corrected chi connectivity index (χ3v) is 2.19. The maximum absolute atomic E-state index is 11.5. The molecule has 0 radical (unpaired) electrons. The standard InChI is InChI=1S/C12H18N2O3/c1-9-7-10(13)3-4-11(9)14-12(15)8-17-6-5-16-2/h3-4,7H,5-6,8,13H2,1-2H3,(H,14,15). The highest BCUT2D eigenvalue weighted by Gasteiger charge is 2.04. The Morgan fingerprint density at radius 1 is 1.41 bits per heavy atom. The average molecular weight is 238 g/mol. The van der Waals surface area contributed by atoms with Crippen LogP contribution < -0.4 is 11.1 Å². The molecule has 0 fully saturated rings. The first kappa shape index (κ1) is 13.5. The predicted octanol–water partition coefficient (Wildman–Crippen LogP) is 1.18. The second kappa shape index (κ2) is 6.88. The van der Waals surface area contributed by atoms with Gasteiger partial charge in [0.25, 0.3) is 0 Å². The van der Waals surface area contributed by atoms with Crippen molar-refractivity contribution in [3.8, 4) is 0 Å². The number of benzene rings is 1. The largest absolute Gasteiger partial charge is 0.399 e. The van der Waals surface area contributed by atoms with Gasteiger partial charge in [0.2, 0.25) is 5.91 Å². The van der Waals surface area contributed by atoms with Gasteiger partial charge in [-0.15, -0.1) is 0 Å². The Morgan fingerprint density at radius 3 is 2.82 bits per heavy atom. The van der Waals surface area contributed by atoms with E-state index in [1.807, 2.05) is 6.92 Å². The maximum Gasteiger partial charge on any atom is 0.250 e. The fraction of sp³-hybridized carbons (Fsp3) is 0.417. The molecule has 0 aliphatic heterocycles. The van der Waals surface area contributed by atoms with Crippen molar-refractivity contribution in [3.05, 3.63) is 23.8 Å². The molecular formula is C12H18N2O3. The number of nitrogens with two attached hydrogens (primary N) is 1. The van der Waals surface area contributed by atoms with E-state index in [-0.39, 0.29) is 12.5 Å². The Morgan fingerprint density at radius 2 is 2.18 bits per heavy atom. The summed E-state index contributed by atoms with van der Waals surface area (Å²) in [5, 5.41) is 2.75. The molecule has 5 nitrogen and oxygen atoms in total. The van der Waals surface area contributed by atoms with Gasteiger partial charge in [0.05, 0.1) is 13.2 Å². The lowest BCUT2D eigenvalue weighted by Crippen LogP contribution is -2.20. The van der Waals surface area contributed by atoms with Crippen molar-refractivity contribution in [1.82, 2.24) is 0 Å². The number of amides is 1. The normalized spacial score (nSPS) is 10.2. The lowest BCUT2D eigenvalue weighted by Gasteiger charge is -2.09. The molecule has 1 amide bonds. The highest BCUT2D eigenvalue weighted by atomic mass is 16.5. The summed E-state index contributed by atoms with van der Waals surface area (Å²) < 4.78 is 9.91. The molecule has 1 rings (SSSR count). The van der Waals surface area contributed by atoms with Crippen LogP contribution in [0.1, 0.15) is 5.56 Å². The topological polar surface area (TPSA) is 73.6 Å². The second-order valence-corrected chi connectivity index (χ2v) is 3.67. The molecule has 1 aromatic rings. The van der Waals surface area contributed by atoms with E-state index in [1.54, 1.807) is 25.3 Å². The molecule has 1 aromatic carbocycles. The Bertz CT molecular complexity index is 380. The zero-order valence-electron chi connectivity index (χ0n) is 10.2. The number of carbonyl (C=O) groups is 1. The summed E-state index contributed by atoms with van der Waals surface area (Å²) in [6, 6.07) is 5.33. The van der Waals surface area contributed by atoms with Gasteiger partial charge in [0, 0.05) is 18.5 Å². The molecule has 0 saturated carbocycles. The molecule has 0 bridgehead atoms. The summed E-state index contributed by atoms with van der Waals surface area (Å²) in [4.78, 5) is 11.5. The number of ether oxygens (including phenoxy) is 2. The van der Waals surface area contributed by atoms with Gasteiger partial charge in [-0.25, -0.2) is 0 Å². The minimum Gasteiger partial charge on any atom is -0.399 e. The van der Waals surface area contributed by atoms with E-state index in [9.17, 15) is 4.79 Å². The van der Waals surface area contributed by atoms with Crippen LogP contribution in [0.2, 0.25) is 0 Å². The third-order valence-electron chi connectivity index (χ3n) is 2.19. The van der Waals surface area contributed by atoms with Gasteiger partial charge in [0.1, 0.15) is 6.61 Å². The van der Waals surface area contributed by atoms with Gasteiger partial charge in [-0.1, -0.05) is 0 Å². The molecule has 0 saturated heterocycles. The van der Waals surface area contributed by atoms with Crippen LogP contribution in [0.15, 0.2) is 18.2 Å². The molecule has 0 heterocycles. The summed E-state index contributed by atoms with van der Waals surface area (Å²) in [7, 11) is 1.58. The number of nitrogen functional groups attached to an aromatic ring is 1. The van der Waals surface area contributed by atoms with Crippen molar-refractivity contribution >= 4 is 17.3 Å². The minimum absolute atomic E-state index is 0.0210. The van der Waals surface area contributed by atoms with Crippen LogP contribution in [0.5, 0.6) is 0 Å². The van der Waals surface area contributed by atoms with Crippen LogP contribution in [-0.2, 0) is 14.3 Å². The third kappa shape index (κ3) is 4.84. The van der Waals surface area contributed by atoms with Gasteiger partial charge in [0.15, 0.2) is 0 Å². The number of carbonyl (C=O) groups excluding carboxylic acids is 1. The van der Waals surface area contributed by atoms with Crippen molar-refractivity contribution in [2.45, 2.75) is 6.92 Å². The van der Waals surface area contributed by atoms with Crippen molar-refractivity contribution in [3.63, 3.8) is 0 Å². The van der Waals surface area contributed by atoms with Gasteiger partial charge in [-0.05, 0) is 30.7 Å². The SMILES string of the molecule is COCCOCC(=O)Nc1ccc(N)cc1C. The fourth-order valence-electron chi connectivity index (χ4n) is 1.32. The fourth-order valence-corrected chi connectivity index (χ4v) is 1.32. The maximum atomic E-state index is 11.5. The predicted molar refractivity (Wildman–Crippen MR) is 66.9 cm³/mol. The van der Waals surface area contributed by atoms with E-state index in [0.29, 0.717) is 18.9 Å². The molecule has 0 spiro atoms. The zero-order valence-corrected chi connectivity index (χ0v) is 10.2. The lowest BCUT2D eigenvalue weighted by molar-refractivity contribution is -0.121. The molecule has 0 unspecified atom stereocenters. The summed E-state index contributed by atoms with van der Waals surface area (Å²) in [5.41, 5.74) is 7.97. The summed E-state index contributed by atoms with van der Waals surface area (Å²) in [6.07, 6.45) is 0. The lowest BCUT2D eigenvalue weighted by atomic mass is 10.2. The first-order chi connectivity index (χ1) is 8.13. The van der Waals surface area contributed by atoms with Crippen molar-refractivity contribution in [2.75, 3.05) is 38.0 Å². The Kier molecular flexibility index (Phi) is 5.45. The highest BCUT2D eigenvalue weighted by Crippen LogP contribution is 2.17. The number of methoxy groups -OCH3 is 1. The van der Waals surface area contributed by atoms with Crippen molar-refractivity contribution < 1.29 is 14.3 Å². The zero-order chi connectivity index (χ0) is 12.7. The van der Waals surface area contributed by atoms with Crippen molar-refractivity contribution in [2.24, 2.45) is 0 Å². The Hall–Kier alpha value is -1.59. The van der Waals surface area contributed by atoms with E-state index in [0.717, 1.165) is 11.3 Å². The number of hydrogen-bond donors (Lipinski definition) is 2. The van der Waals surface area contributed by atoms with Crippen LogP contribution in [0.25, 0.3) is 0 Å². The molecule has 0 aliphatic carbocycles. The van der Waals surface area contributed by atoms with E-state index in [4.69, 9.17) is 15.2 Å². The van der Waals surface area contributed by atoms with Crippen LogP contribution in [0, 0.1) is 6.92 Å². The molecule has 5 heteroatoms. The number of hydrogen-bond acceptors (Lipinski definition) is 4. The summed E-state index contributed by atoms with van der Waals surface area (Å²) in [5.74, 6) is -0.186. The summed E-state index contributed by atoms with van der Waals surface area (Å²) >= 11 is 0. The molecule has 0 aliphatic rings. The van der Waals surface area contributed by atoms with Gasteiger partial charge >= 0.3 is 0 Å². The molecule has 94 valence electrons. The molecule has 3 N–H and O–H groups in total. The van der Waals surface area contributed by atoms with Crippen LogP contribution in [0.4, 0.5) is 11.4 Å². The minimum atomic E-state index is -0.186. The quantitative estimate of drug-likeness (QED) is 0.576. The number of aryl methyl sites for hydroxylation is 1. The van der Waals surface area contributed by atoms with Crippen LogP contribution >= 0.6 is 0 Å². The molecule has 0 atom stereocenters. The van der Waals surface area contributed by atoms with Crippen molar-refractivity contribution in [1.29, 1.82) is 0 Å². The molecular weight excluding hydrogens is 220 g/mol. The number of nitrogens with one attached hydrogen (secondary N) is 1. The van der Waals surface area contributed by atoms with Gasteiger partial charge < -0.3 is 20.5 Å². The smallest absolute Gasteiger partial charge is 0.250 e. The summed E-state index contributed by atoms with van der Waals surface area (Å²) in [6.45, 7) is 2.80. The molecule has 17 heavy (non-hydrogen) atoms. The average Bonchev–Trinajstić information content (AvgIpc) is 2.28. The Labute approximate surface area is 101 Å². The number of anilines is 2. The first-order valence-corrected chi connectivity index (χ1v) is 5.36. The first-order valence-electron chi connectivity index (χ1n) is 5.36. The highest BCUT2D eigenvalue weighted by molar-refractivity contribution is 5.92. The van der Waals surface area contributed by atoms with Gasteiger partial charge in [-0.3, -0.25) is 4.79 Å². The van der Waals surface area contributed by atoms with Gasteiger partial charge in [-0.2, -0.15) is 0 Å². The Balaban J connectivity index is 2.40. The van der Waals surface area contributed by atoms with E-state index < -0.39 is 0 Å².